The van der Waals surface area contributed by atoms with Crippen molar-refractivity contribution in [2.45, 2.75) is 18.4 Å². The number of anilines is 1. The Morgan fingerprint density at radius 3 is 2.65 bits per heavy atom. The van der Waals surface area contributed by atoms with Gasteiger partial charge in [0.05, 0.1) is 22.0 Å². The molecule has 1 amide bonds. The van der Waals surface area contributed by atoms with E-state index in [1.54, 1.807) is 12.1 Å². The number of hydrogen-bond acceptors (Lipinski definition) is 5. The minimum absolute atomic E-state index is 0.0629. The lowest BCUT2D eigenvalue weighted by Gasteiger charge is -2.21. The molecule has 0 saturated carbocycles. The molecule has 6 nitrogen and oxygen atoms in total. The normalized spacial score (nSPS) is 11.4. The zero-order valence-corrected chi connectivity index (χ0v) is 16.7. The van der Waals surface area contributed by atoms with Crippen LogP contribution in [0.5, 0.6) is 5.75 Å². The van der Waals surface area contributed by atoms with Gasteiger partial charge in [-0.1, -0.05) is 17.7 Å². The number of hydrogen-bond donors (Lipinski definition) is 1. The van der Waals surface area contributed by atoms with Crippen LogP contribution < -0.4 is 10.1 Å². The number of methoxy groups -OCH3 is 1. The van der Waals surface area contributed by atoms with Crippen LogP contribution in [0.2, 0.25) is 4.34 Å². The Morgan fingerprint density at radius 1 is 1.38 bits per heavy atom. The molecule has 26 heavy (non-hydrogen) atoms. The molecule has 0 saturated heterocycles. The molecular formula is C17H19ClN2O4S2. The van der Waals surface area contributed by atoms with Crippen LogP contribution in [0.4, 0.5) is 5.69 Å². The third-order valence-corrected chi connectivity index (χ3v) is 6.44. The van der Waals surface area contributed by atoms with Crippen molar-refractivity contribution >= 4 is 44.6 Å². The molecule has 0 aliphatic carbocycles. The highest BCUT2D eigenvalue weighted by atomic mass is 35.5. The highest BCUT2D eigenvalue weighted by molar-refractivity contribution is 7.89. The molecule has 2 aromatic rings. The molecule has 9 heteroatoms. The maximum absolute atomic E-state index is 13.0. The molecule has 0 spiro atoms. The van der Waals surface area contributed by atoms with Gasteiger partial charge in [0.15, 0.2) is 0 Å². The summed E-state index contributed by atoms with van der Waals surface area (Å²) >= 11 is 7.25. The average Bonchev–Trinajstić information content (AvgIpc) is 2.99. The van der Waals surface area contributed by atoms with Crippen molar-refractivity contribution in [3.63, 3.8) is 0 Å². The van der Waals surface area contributed by atoms with Gasteiger partial charge in [0, 0.05) is 31.0 Å². The molecule has 0 aliphatic heterocycles. The minimum Gasteiger partial charge on any atom is -0.495 e. The molecule has 0 radical (unpaired) electrons. The van der Waals surface area contributed by atoms with Crippen LogP contribution in [0.25, 0.3) is 0 Å². The van der Waals surface area contributed by atoms with E-state index in [4.69, 9.17) is 16.3 Å². The average molecular weight is 415 g/mol. The second-order valence-corrected chi connectivity index (χ2v) is 9.07. The number of carbonyl (C=O) groups excluding carboxylic acids is 1. The molecule has 1 heterocycles. The Balaban J connectivity index is 2.38. The van der Waals surface area contributed by atoms with Crippen molar-refractivity contribution in [2.24, 2.45) is 0 Å². The van der Waals surface area contributed by atoms with Crippen molar-refractivity contribution in [2.75, 3.05) is 19.0 Å². The fourth-order valence-corrected chi connectivity index (χ4v) is 4.87. The number of rotatable bonds is 8. The third-order valence-electron chi connectivity index (χ3n) is 3.42. The molecule has 0 unspecified atom stereocenters. The first-order chi connectivity index (χ1) is 12.3. The number of halogens is 1. The number of sulfonamides is 1. The Hall–Kier alpha value is -1.87. The van der Waals surface area contributed by atoms with Crippen LogP contribution >= 0.6 is 22.9 Å². The number of nitrogens with one attached hydrogen (secondary N) is 1. The van der Waals surface area contributed by atoms with Crippen molar-refractivity contribution < 1.29 is 17.9 Å². The highest BCUT2D eigenvalue weighted by Gasteiger charge is 2.25. The second kappa shape index (κ2) is 8.68. The van der Waals surface area contributed by atoms with E-state index in [0.717, 1.165) is 4.88 Å². The molecule has 1 aromatic heterocycles. The molecule has 1 aromatic carbocycles. The standard InChI is InChI=1S/C17H19ClN2O4S2/c1-4-9-20(11-13-5-8-17(18)25-13)26(22,23)14-6-7-15(19-12(2)21)16(10-14)24-3/h4-8,10H,1,9,11H2,2-3H3,(H,19,21). The van der Waals surface area contributed by atoms with E-state index < -0.39 is 10.0 Å². The Labute approximate surface area is 162 Å². The summed E-state index contributed by atoms with van der Waals surface area (Å²) in [5.41, 5.74) is 0.402. The van der Waals surface area contributed by atoms with Crippen molar-refractivity contribution in [3.8, 4) is 5.75 Å². The van der Waals surface area contributed by atoms with E-state index in [2.05, 4.69) is 11.9 Å². The Kier molecular flexibility index (Phi) is 6.82. The summed E-state index contributed by atoms with van der Waals surface area (Å²) in [5.74, 6) is -0.0132. The lowest BCUT2D eigenvalue weighted by molar-refractivity contribution is -0.114. The first-order valence-electron chi connectivity index (χ1n) is 7.58. The summed E-state index contributed by atoms with van der Waals surface area (Å²) in [4.78, 5) is 12.1. The van der Waals surface area contributed by atoms with Crippen LogP contribution in [-0.2, 0) is 21.4 Å². The molecule has 0 bridgehead atoms. The van der Waals surface area contributed by atoms with Gasteiger partial charge in [0.25, 0.3) is 0 Å². The number of carbonyl (C=O) groups is 1. The van der Waals surface area contributed by atoms with Gasteiger partial charge < -0.3 is 10.1 Å². The fraction of sp³-hybridized carbons (Fsp3) is 0.235. The van der Waals surface area contributed by atoms with E-state index in [-0.39, 0.29) is 29.6 Å². The molecule has 0 aliphatic rings. The van der Waals surface area contributed by atoms with E-state index in [0.29, 0.717) is 10.0 Å². The summed E-state index contributed by atoms with van der Waals surface area (Å²) in [6.07, 6.45) is 1.52. The van der Waals surface area contributed by atoms with Gasteiger partial charge in [0.1, 0.15) is 5.75 Å². The van der Waals surface area contributed by atoms with Gasteiger partial charge in [-0.2, -0.15) is 4.31 Å². The molecule has 2 rings (SSSR count). The van der Waals surface area contributed by atoms with Crippen LogP contribution in [0.1, 0.15) is 11.8 Å². The summed E-state index contributed by atoms with van der Waals surface area (Å²) in [5, 5.41) is 2.60. The number of nitrogens with zero attached hydrogens (tertiary/aromatic N) is 1. The number of ether oxygens (including phenoxy) is 1. The first-order valence-corrected chi connectivity index (χ1v) is 10.2. The van der Waals surface area contributed by atoms with Gasteiger partial charge in [-0.25, -0.2) is 8.42 Å². The van der Waals surface area contributed by atoms with Crippen LogP contribution in [-0.4, -0.2) is 32.3 Å². The third kappa shape index (κ3) is 4.85. The number of thiophene rings is 1. The van der Waals surface area contributed by atoms with Gasteiger partial charge in [-0.05, 0) is 24.3 Å². The predicted octanol–water partition coefficient (Wildman–Crippen LogP) is 3.75. The smallest absolute Gasteiger partial charge is 0.243 e. The maximum Gasteiger partial charge on any atom is 0.243 e. The van der Waals surface area contributed by atoms with Gasteiger partial charge in [-0.3, -0.25) is 4.79 Å². The Morgan fingerprint density at radius 2 is 2.12 bits per heavy atom. The van der Waals surface area contributed by atoms with E-state index in [9.17, 15) is 13.2 Å². The molecule has 140 valence electrons. The second-order valence-electron chi connectivity index (χ2n) is 5.34. The largest absolute Gasteiger partial charge is 0.495 e. The zero-order valence-electron chi connectivity index (χ0n) is 14.4. The zero-order chi connectivity index (χ0) is 19.3. The van der Waals surface area contributed by atoms with E-state index in [1.807, 2.05) is 0 Å². The van der Waals surface area contributed by atoms with E-state index >= 15 is 0 Å². The molecular weight excluding hydrogens is 396 g/mol. The number of benzene rings is 1. The quantitative estimate of drug-likeness (QED) is 0.667. The molecule has 0 fully saturated rings. The van der Waals surface area contributed by atoms with Crippen molar-refractivity contribution in [1.82, 2.24) is 4.31 Å². The van der Waals surface area contributed by atoms with Gasteiger partial charge in [0.2, 0.25) is 15.9 Å². The van der Waals surface area contributed by atoms with Crippen LogP contribution in [0.15, 0.2) is 47.9 Å². The monoisotopic (exact) mass is 414 g/mol. The van der Waals surface area contributed by atoms with Gasteiger partial charge >= 0.3 is 0 Å². The van der Waals surface area contributed by atoms with Crippen LogP contribution in [0, 0.1) is 0 Å². The lowest BCUT2D eigenvalue weighted by Crippen LogP contribution is -2.30. The summed E-state index contributed by atoms with van der Waals surface area (Å²) in [6.45, 7) is 5.33. The maximum atomic E-state index is 13.0. The summed E-state index contributed by atoms with van der Waals surface area (Å²) in [7, 11) is -2.39. The topological polar surface area (TPSA) is 75.7 Å². The summed E-state index contributed by atoms with van der Waals surface area (Å²) in [6, 6.07) is 7.84. The Bertz CT molecular complexity index is 909. The fourth-order valence-electron chi connectivity index (χ4n) is 2.28. The minimum atomic E-state index is -3.80. The lowest BCUT2D eigenvalue weighted by atomic mass is 10.3. The molecule has 1 N–H and O–H groups in total. The number of amides is 1. The van der Waals surface area contributed by atoms with Crippen molar-refractivity contribution in [1.29, 1.82) is 0 Å². The predicted molar refractivity (Wildman–Crippen MR) is 104 cm³/mol. The van der Waals surface area contributed by atoms with Crippen molar-refractivity contribution in [3.05, 3.63) is 52.2 Å². The molecule has 0 atom stereocenters. The van der Waals surface area contributed by atoms with Gasteiger partial charge in [-0.15, -0.1) is 17.9 Å². The van der Waals surface area contributed by atoms with Crippen LogP contribution in [0.3, 0.4) is 0 Å². The summed E-state index contributed by atoms with van der Waals surface area (Å²) < 4.78 is 33.2. The first kappa shape index (κ1) is 20.4. The SMILES string of the molecule is C=CCN(Cc1ccc(Cl)s1)S(=O)(=O)c1ccc(NC(C)=O)c(OC)c1. The van der Waals surface area contributed by atoms with E-state index in [1.165, 1.54) is 54.0 Å². The highest BCUT2D eigenvalue weighted by Crippen LogP contribution is 2.30.